The number of amides is 2. The maximum Gasteiger partial charge on any atom is 0.303 e. The van der Waals surface area contributed by atoms with Crippen LogP contribution < -0.4 is 0 Å². The minimum absolute atomic E-state index is 0.0823. The summed E-state index contributed by atoms with van der Waals surface area (Å²) in [5, 5.41) is 8.91. The van der Waals surface area contributed by atoms with E-state index in [0.717, 1.165) is 37.8 Å². The molecule has 146 valence electrons. The molecule has 1 N–H and O–H groups in total. The molecule has 2 saturated heterocycles. The highest BCUT2D eigenvalue weighted by atomic mass is 16.4. The molecular weight excluding hydrogens is 344 g/mol. The van der Waals surface area contributed by atoms with Crippen LogP contribution in [0.1, 0.15) is 37.7 Å². The molecule has 1 atom stereocenters. The SMILES string of the molecule is O=C(O)CC1CCN(C(=O)C2CCCN(C(=O)Cc3ccccc3)C2)CC1. The topological polar surface area (TPSA) is 77.9 Å². The summed E-state index contributed by atoms with van der Waals surface area (Å²) in [6.07, 6.45) is 3.74. The van der Waals surface area contributed by atoms with E-state index in [1.807, 2.05) is 40.1 Å². The van der Waals surface area contributed by atoms with E-state index in [0.29, 0.717) is 26.1 Å². The minimum atomic E-state index is -0.764. The van der Waals surface area contributed by atoms with Crippen LogP contribution in [0.4, 0.5) is 0 Å². The number of nitrogens with zero attached hydrogens (tertiary/aromatic N) is 2. The summed E-state index contributed by atoms with van der Waals surface area (Å²) in [7, 11) is 0. The van der Waals surface area contributed by atoms with Gasteiger partial charge in [0.25, 0.3) is 0 Å². The number of carboxylic acids is 1. The van der Waals surface area contributed by atoms with E-state index >= 15 is 0 Å². The Balaban J connectivity index is 1.51. The van der Waals surface area contributed by atoms with Gasteiger partial charge in [-0.3, -0.25) is 14.4 Å². The van der Waals surface area contributed by atoms with Crippen LogP contribution in [-0.2, 0) is 20.8 Å². The fraction of sp³-hybridized carbons (Fsp3) is 0.571. The zero-order valence-corrected chi connectivity index (χ0v) is 15.7. The summed E-state index contributed by atoms with van der Waals surface area (Å²) in [6.45, 7) is 2.48. The molecule has 0 bridgehead atoms. The highest BCUT2D eigenvalue weighted by molar-refractivity contribution is 5.82. The van der Waals surface area contributed by atoms with Crippen LogP contribution in [0.25, 0.3) is 0 Å². The van der Waals surface area contributed by atoms with Crippen molar-refractivity contribution in [3.8, 4) is 0 Å². The number of hydrogen-bond acceptors (Lipinski definition) is 3. The zero-order chi connectivity index (χ0) is 19.2. The van der Waals surface area contributed by atoms with Crippen LogP contribution in [0.2, 0.25) is 0 Å². The first kappa shape index (κ1) is 19.4. The molecule has 2 fully saturated rings. The maximum absolute atomic E-state index is 12.9. The van der Waals surface area contributed by atoms with Gasteiger partial charge in [-0.05, 0) is 37.2 Å². The summed E-state index contributed by atoms with van der Waals surface area (Å²) in [4.78, 5) is 40.0. The summed E-state index contributed by atoms with van der Waals surface area (Å²) in [5.74, 6) is -0.518. The average molecular weight is 372 g/mol. The molecule has 3 rings (SSSR count). The Labute approximate surface area is 160 Å². The lowest BCUT2D eigenvalue weighted by atomic mass is 9.91. The summed E-state index contributed by atoms with van der Waals surface area (Å²) in [5.41, 5.74) is 0.997. The summed E-state index contributed by atoms with van der Waals surface area (Å²) in [6, 6.07) is 9.69. The molecule has 0 aromatic heterocycles. The number of hydrogen-bond donors (Lipinski definition) is 1. The fourth-order valence-electron chi connectivity index (χ4n) is 4.15. The second-order valence-corrected chi connectivity index (χ2v) is 7.71. The number of benzene rings is 1. The second-order valence-electron chi connectivity index (χ2n) is 7.71. The van der Waals surface area contributed by atoms with E-state index < -0.39 is 5.97 Å². The third kappa shape index (κ3) is 5.31. The number of rotatable bonds is 5. The van der Waals surface area contributed by atoms with Gasteiger partial charge in [0, 0.05) is 32.6 Å². The van der Waals surface area contributed by atoms with Crippen molar-refractivity contribution < 1.29 is 19.5 Å². The zero-order valence-electron chi connectivity index (χ0n) is 15.7. The molecule has 0 spiro atoms. The van der Waals surface area contributed by atoms with E-state index in [-0.39, 0.29) is 30.1 Å². The van der Waals surface area contributed by atoms with E-state index in [1.54, 1.807) is 0 Å². The Morgan fingerprint density at radius 1 is 0.963 bits per heavy atom. The van der Waals surface area contributed by atoms with Crippen molar-refractivity contribution in [3.63, 3.8) is 0 Å². The number of likely N-dealkylation sites (tertiary alicyclic amines) is 2. The molecule has 0 radical (unpaired) electrons. The highest BCUT2D eigenvalue weighted by Gasteiger charge is 2.33. The lowest BCUT2D eigenvalue weighted by Gasteiger charge is -2.37. The van der Waals surface area contributed by atoms with Gasteiger partial charge in [-0.2, -0.15) is 0 Å². The van der Waals surface area contributed by atoms with Crippen molar-refractivity contribution in [2.45, 2.75) is 38.5 Å². The maximum atomic E-state index is 12.9. The first-order valence-electron chi connectivity index (χ1n) is 9.85. The van der Waals surface area contributed by atoms with Crippen molar-refractivity contribution in [3.05, 3.63) is 35.9 Å². The van der Waals surface area contributed by atoms with E-state index in [9.17, 15) is 14.4 Å². The Bertz CT molecular complexity index is 668. The number of carbonyl (C=O) groups is 3. The molecule has 2 aliphatic rings. The molecule has 2 amide bonds. The van der Waals surface area contributed by atoms with Crippen LogP contribution in [-0.4, -0.2) is 58.9 Å². The first-order valence-corrected chi connectivity index (χ1v) is 9.85. The van der Waals surface area contributed by atoms with E-state index in [4.69, 9.17) is 5.11 Å². The van der Waals surface area contributed by atoms with Crippen molar-refractivity contribution in [1.82, 2.24) is 9.80 Å². The Hall–Kier alpha value is -2.37. The van der Waals surface area contributed by atoms with Crippen LogP contribution in [0.15, 0.2) is 30.3 Å². The smallest absolute Gasteiger partial charge is 0.303 e. The van der Waals surface area contributed by atoms with Gasteiger partial charge in [0.1, 0.15) is 0 Å². The Kier molecular flexibility index (Phi) is 6.48. The van der Waals surface area contributed by atoms with Gasteiger partial charge in [-0.15, -0.1) is 0 Å². The van der Waals surface area contributed by atoms with Crippen molar-refractivity contribution >= 4 is 17.8 Å². The van der Waals surface area contributed by atoms with Crippen molar-refractivity contribution in [1.29, 1.82) is 0 Å². The molecule has 0 aliphatic carbocycles. The van der Waals surface area contributed by atoms with Crippen LogP contribution in [0, 0.1) is 11.8 Å². The minimum Gasteiger partial charge on any atom is -0.481 e. The van der Waals surface area contributed by atoms with Gasteiger partial charge in [0.05, 0.1) is 12.3 Å². The predicted molar refractivity (Wildman–Crippen MR) is 101 cm³/mol. The standard InChI is InChI=1S/C21H28N2O4/c24-19(13-16-5-2-1-3-6-16)23-10-4-7-18(15-23)21(27)22-11-8-17(9-12-22)14-20(25)26/h1-3,5-6,17-18H,4,7-15H2,(H,25,26). The van der Waals surface area contributed by atoms with Crippen LogP contribution in [0.5, 0.6) is 0 Å². The van der Waals surface area contributed by atoms with Crippen LogP contribution in [0.3, 0.4) is 0 Å². The van der Waals surface area contributed by atoms with E-state index in [2.05, 4.69) is 0 Å². The molecule has 6 nitrogen and oxygen atoms in total. The second kappa shape index (κ2) is 9.02. The van der Waals surface area contributed by atoms with Gasteiger partial charge in [0.2, 0.25) is 11.8 Å². The fourth-order valence-corrected chi connectivity index (χ4v) is 4.15. The average Bonchev–Trinajstić information content (AvgIpc) is 2.68. The highest BCUT2D eigenvalue weighted by Crippen LogP contribution is 2.25. The molecule has 2 aliphatic heterocycles. The van der Waals surface area contributed by atoms with Gasteiger partial charge in [-0.25, -0.2) is 0 Å². The lowest BCUT2D eigenvalue weighted by molar-refractivity contribution is -0.142. The Morgan fingerprint density at radius 2 is 1.67 bits per heavy atom. The normalized spacial score (nSPS) is 21.1. The summed E-state index contributed by atoms with van der Waals surface area (Å²) >= 11 is 0. The largest absolute Gasteiger partial charge is 0.481 e. The molecule has 1 unspecified atom stereocenters. The third-order valence-electron chi connectivity index (χ3n) is 5.71. The molecule has 2 heterocycles. The predicted octanol–water partition coefficient (Wildman–Crippen LogP) is 2.18. The number of aliphatic carboxylic acids is 1. The van der Waals surface area contributed by atoms with Crippen molar-refractivity contribution in [2.75, 3.05) is 26.2 Å². The monoisotopic (exact) mass is 372 g/mol. The first-order chi connectivity index (χ1) is 13.0. The van der Waals surface area contributed by atoms with E-state index in [1.165, 1.54) is 0 Å². The quantitative estimate of drug-likeness (QED) is 0.859. The summed E-state index contributed by atoms with van der Waals surface area (Å²) < 4.78 is 0. The third-order valence-corrected chi connectivity index (χ3v) is 5.71. The van der Waals surface area contributed by atoms with Gasteiger partial charge in [-0.1, -0.05) is 30.3 Å². The number of carbonyl (C=O) groups excluding carboxylic acids is 2. The number of carboxylic acid groups (broad SMARTS) is 1. The molecule has 0 saturated carbocycles. The van der Waals surface area contributed by atoms with Gasteiger partial charge < -0.3 is 14.9 Å². The van der Waals surface area contributed by atoms with Gasteiger partial charge in [0.15, 0.2) is 0 Å². The van der Waals surface area contributed by atoms with Crippen molar-refractivity contribution in [2.24, 2.45) is 11.8 Å². The number of piperidine rings is 2. The van der Waals surface area contributed by atoms with Crippen LogP contribution >= 0.6 is 0 Å². The Morgan fingerprint density at radius 3 is 2.33 bits per heavy atom. The molecular formula is C21H28N2O4. The molecule has 1 aromatic carbocycles. The molecule has 1 aromatic rings. The lowest BCUT2D eigenvalue weighted by Crippen LogP contribution is -2.49. The molecule has 6 heteroatoms. The molecule has 27 heavy (non-hydrogen) atoms. The van der Waals surface area contributed by atoms with Gasteiger partial charge >= 0.3 is 5.97 Å².